The maximum atomic E-state index is 14.2. The van der Waals surface area contributed by atoms with E-state index in [1.165, 1.54) is 56.0 Å². The average molecular weight is 456 g/mol. The van der Waals surface area contributed by atoms with Gasteiger partial charge in [0, 0.05) is 12.5 Å². The summed E-state index contributed by atoms with van der Waals surface area (Å²) in [6.07, 6.45) is -0.973. The van der Waals surface area contributed by atoms with Gasteiger partial charge in [0.2, 0.25) is 23.2 Å². The van der Waals surface area contributed by atoms with Crippen molar-refractivity contribution >= 4 is 23.4 Å². The summed E-state index contributed by atoms with van der Waals surface area (Å²) >= 11 is 1.39. The molecule has 32 heavy (non-hydrogen) atoms. The number of carbonyl (C=O) groups excluding carboxylic acids is 1. The number of thioether (sulfide) groups is 1. The molecule has 2 heterocycles. The Morgan fingerprint density at radius 3 is 2.72 bits per heavy atom. The Hall–Kier alpha value is -3.40. The van der Waals surface area contributed by atoms with Gasteiger partial charge in [-0.2, -0.15) is 4.98 Å². The molecule has 1 aliphatic rings. The van der Waals surface area contributed by atoms with E-state index in [4.69, 9.17) is 14.2 Å². The molecule has 0 saturated carbocycles. The van der Waals surface area contributed by atoms with Crippen LogP contribution in [0.5, 0.6) is 17.4 Å². The van der Waals surface area contributed by atoms with E-state index in [1.807, 2.05) is 6.92 Å². The number of amides is 1. The number of ether oxygens (including phenoxy) is 3. The van der Waals surface area contributed by atoms with E-state index < -0.39 is 12.0 Å². The number of nitrogens with zero attached hydrogens (tertiary/aromatic N) is 4. The molecule has 0 N–H and O–H groups in total. The van der Waals surface area contributed by atoms with Gasteiger partial charge in [0.05, 0.1) is 25.5 Å². The smallest absolute Gasteiger partial charge is 0.247 e. The second kappa shape index (κ2) is 8.99. The number of para-hydroxylation sites is 1. The maximum absolute atomic E-state index is 14.2. The Morgan fingerprint density at radius 1 is 1.22 bits per heavy atom. The number of benzene rings is 2. The monoisotopic (exact) mass is 456 g/mol. The molecular formula is C22H21FN4O4S. The van der Waals surface area contributed by atoms with Crippen LogP contribution in [0.1, 0.15) is 25.6 Å². The molecule has 1 aliphatic heterocycles. The zero-order valence-corrected chi connectivity index (χ0v) is 18.8. The van der Waals surface area contributed by atoms with Gasteiger partial charge < -0.3 is 14.2 Å². The van der Waals surface area contributed by atoms with Crippen LogP contribution < -0.4 is 19.1 Å². The summed E-state index contributed by atoms with van der Waals surface area (Å²) in [6.45, 7) is 3.37. The van der Waals surface area contributed by atoms with Crippen LogP contribution in [0.15, 0.2) is 41.6 Å². The highest BCUT2D eigenvalue weighted by atomic mass is 32.2. The summed E-state index contributed by atoms with van der Waals surface area (Å²) in [7, 11) is 3.03. The number of aromatic nitrogens is 3. The molecule has 2 aromatic carbocycles. The topological polar surface area (TPSA) is 86.7 Å². The Balaban J connectivity index is 2.00. The van der Waals surface area contributed by atoms with Crippen molar-refractivity contribution in [3.8, 4) is 28.6 Å². The van der Waals surface area contributed by atoms with Crippen molar-refractivity contribution in [3.63, 3.8) is 0 Å². The Bertz CT molecular complexity index is 1180. The van der Waals surface area contributed by atoms with Gasteiger partial charge in [0.25, 0.3) is 0 Å². The molecule has 0 fully saturated rings. The number of fused-ring (bicyclic) bond motifs is 3. The molecule has 1 amide bonds. The molecule has 10 heteroatoms. The number of hydrogen-bond acceptors (Lipinski definition) is 8. The van der Waals surface area contributed by atoms with Gasteiger partial charge in [-0.1, -0.05) is 24.8 Å². The van der Waals surface area contributed by atoms with Crippen molar-refractivity contribution in [1.29, 1.82) is 0 Å². The number of rotatable bonds is 5. The lowest BCUT2D eigenvalue weighted by Crippen LogP contribution is -2.36. The van der Waals surface area contributed by atoms with Crippen LogP contribution in [0.2, 0.25) is 0 Å². The molecule has 1 atom stereocenters. The summed E-state index contributed by atoms with van der Waals surface area (Å²) in [4.78, 5) is 18.8. The third-order valence-electron chi connectivity index (χ3n) is 4.88. The Kier molecular flexibility index (Phi) is 6.13. The fourth-order valence-corrected chi connectivity index (χ4v) is 4.08. The van der Waals surface area contributed by atoms with Gasteiger partial charge in [0.15, 0.2) is 17.2 Å². The van der Waals surface area contributed by atoms with Crippen LogP contribution in [0.3, 0.4) is 0 Å². The number of anilines is 1. The van der Waals surface area contributed by atoms with Gasteiger partial charge in [-0.3, -0.25) is 9.69 Å². The minimum Gasteiger partial charge on any atom is -0.493 e. The van der Waals surface area contributed by atoms with Crippen LogP contribution in [-0.2, 0) is 4.79 Å². The van der Waals surface area contributed by atoms with E-state index in [2.05, 4.69) is 15.2 Å². The summed E-state index contributed by atoms with van der Waals surface area (Å²) in [5.74, 6) is 0.952. The van der Waals surface area contributed by atoms with Crippen LogP contribution in [0.4, 0.5) is 10.1 Å². The minimum absolute atomic E-state index is 0.140. The first-order chi connectivity index (χ1) is 15.5. The molecule has 4 rings (SSSR count). The molecule has 0 bridgehead atoms. The highest BCUT2D eigenvalue weighted by Gasteiger charge is 2.37. The van der Waals surface area contributed by atoms with E-state index in [0.29, 0.717) is 33.5 Å². The van der Waals surface area contributed by atoms with E-state index in [-0.39, 0.29) is 17.5 Å². The Labute approximate surface area is 188 Å². The second-order valence-corrected chi connectivity index (χ2v) is 8.02. The van der Waals surface area contributed by atoms with E-state index in [0.717, 1.165) is 5.75 Å². The average Bonchev–Trinajstić information content (AvgIpc) is 2.92. The number of hydrogen-bond donors (Lipinski definition) is 0. The van der Waals surface area contributed by atoms with Gasteiger partial charge in [-0.15, -0.1) is 10.2 Å². The zero-order chi connectivity index (χ0) is 22.8. The summed E-state index contributed by atoms with van der Waals surface area (Å²) in [5.41, 5.74) is 1.55. The lowest BCUT2D eigenvalue weighted by atomic mass is 10.1. The zero-order valence-electron chi connectivity index (χ0n) is 18.0. The second-order valence-electron chi connectivity index (χ2n) is 6.78. The number of methoxy groups -OCH3 is 2. The largest absolute Gasteiger partial charge is 0.493 e. The summed E-state index contributed by atoms with van der Waals surface area (Å²) in [5, 5.41) is 8.81. The van der Waals surface area contributed by atoms with Crippen LogP contribution >= 0.6 is 11.8 Å². The molecule has 0 aliphatic carbocycles. The van der Waals surface area contributed by atoms with Gasteiger partial charge in [-0.25, -0.2) is 4.39 Å². The maximum Gasteiger partial charge on any atom is 0.247 e. The molecular weight excluding hydrogens is 435 g/mol. The van der Waals surface area contributed by atoms with Crippen LogP contribution in [-0.4, -0.2) is 41.1 Å². The van der Waals surface area contributed by atoms with Crippen molar-refractivity contribution < 1.29 is 23.4 Å². The minimum atomic E-state index is -0.973. The predicted octanol–water partition coefficient (Wildman–Crippen LogP) is 4.25. The Morgan fingerprint density at radius 2 is 2.03 bits per heavy atom. The van der Waals surface area contributed by atoms with Crippen LogP contribution in [0.25, 0.3) is 11.3 Å². The van der Waals surface area contributed by atoms with Gasteiger partial charge >= 0.3 is 0 Å². The molecule has 8 nitrogen and oxygen atoms in total. The van der Waals surface area contributed by atoms with E-state index >= 15 is 0 Å². The van der Waals surface area contributed by atoms with Crippen molar-refractivity contribution in [2.24, 2.45) is 0 Å². The quantitative estimate of drug-likeness (QED) is 0.527. The normalized spacial score (nSPS) is 14.7. The molecule has 3 aromatic rings. The van der Waals surface area contributed by atoms with Crippen molar-refractivity contribution in [1.82, 2.24) is 15.2 Å². The number of carbonyl (C=O) groups is 1. The van der Waals surface area contributed by atoms with E-state index in [1.54, 1.807) is 18.2 Å². The van der Waals surface area contributed by atoms with Gasteiger partial charge in [0.1, 0.15) is 5.82 Å². The molecule has 0 saturated heterocycles. The van der Waals surface area contributed by atoms with Gasteiger partial charge in [-0.05, 0) is 36.1 Å². The van der Waals surface area contributed by atoms with Crippen molar-refractivity contribution in [2.45, 2.75) is 25.2 Å². The lowest BCUT2D eigenvalue weighted by molar-refractivity contribution is -0.118. The number of halogens is 1. The standard InChI is InChI=1S/C22H21FN4O4S/c1-5-32-22-24-20-18(25-26-22)15-11-13(23)9-10-16(15)27(12(2)28)21(31-20)14-7-6-8-17(29-3)19(14)30-4/h6-11,21H,5H2,1-4H3/t21-/m0/s1. The fourth-order valence-electron chi connectivity index (χ4n) is 3.58. The third-order valence-corrected chi connectivity index (χ3v) is 5.60. The highest BCUT2D eigenvalue weighted by Crippen LogP contribution is 2.46. The highest BCUT2D eigenvalue weighted by molar-refractivity contribution is 7.99. The third kappa shape index (κ3) is 3.81. The molecule has 0 unspecified atom stereocenters. The molecule has 1 aromatic heterocycles. The molecule has 0 radical (unpaired) electrons. The summed E-state index contributed by atoms with van der Waals surface area (Å²) < 4.78 is 31.5. The first-order valence-corrected chi connectivity index (χ1v) is 10.8. The summed E-state index contributed by atoms with van der Waals surface area (Å²) in [6, 6.07) is 9.37. The molecule has 166 valence electrons. The first kappa shape index (κ1) is 21.8. The van der Waals surface area contributed by atoms with Crippen molar-refractivity contribution in [2.75, 3.05) is 24.9 Å². The van der Waals surface area contributed by atoms with Crippen molar-refractivity contribution in [3.05, 3.63) is 47.8 Å². The lowest BCUT2D eigenvalue weighted by Gasteiger charge is -2.31. The fraction of sp³-hybridized carbons (Fsp3) is 0.273. The predicted molar refractivity (Wildman–Crippen MR) is 118 cm³/mol. The van der Waals surface area contributed by atoms with E-state index in [9.17, 15) is 9.18 Å². The first-order valence-electron chi connectivity index (χ1n) is 9.83. The van der Waals surface area contributed by atoms with Crippen LogP contribution in [0, 0.1) is 5.82 Å². The molecule has 0 spiro atoms. The SMILES string of the molecule is CCSc1nnc2c(n1)O[C@@H](c1cccc(OC)c1OC)N(C(C)=O)c1ccc(F)cc1-2.